The van der Waals surface area contributed by atoms with Crippen LogP contribution in [0.25, 0.3) is 20.7 Å². The SMILES string of the molecule is Cc1ccc(-c2csc3ncn(CC(=O)NCC(C)(C)N4CCOCC4)c(=O)c23)s1. The van der Waals surface area contributed by atoms with E-state index in [0.29, 0.717) is 30.0 Å². The van der Waals surface area contributed by atoms with Gasteiger partial charge >= 0.3 is 0 Å². The summed E-state index contributed by atoms with van der Waals surface area (Å²) in [6.45, 7) is 9.86. The molecule has 7 nitrogen and oxygen atoms in total. The van der Waals surface area contributed by atoms with Crippen LogP contribution in [0.3, 0.4) is 0 Å². The van der Waals surface area contributed by atoms with Crippen molar-refractivity contribution in [2.24, 2.45) is 0 Å². The lowest BCUT2D eigenvalue weighted by Gasteiger charge is -2.40. The number of nitrogens with one attached hydrogen (secondary N) is 1. The topological polar surface area (TPSA) is 76.5 Å². The van der Waals surface area contributed by atoms with E-state index in [1.54, 1.807) is 11.3 Å². The largest absolute Gasteiger partial charge is 0.379 e. The first kappa shape index (κ1) is 21.2. The molecule has 1 aliphatic rings. The Morgan fingerprint density at radius 3 is 2.77 bits per heavy atom. The van der Waals surface area contributed by atoms with Crippen molar-refractivity contribution in [2.75, 3.05) is 32.8 Å². The molecule has 1 fully saturated rings. The van der Waals surface area contributed by atoms with E-state index in [1.807, 2.05) is 24.4 Å². The van der Waals surface area contributed by atoms with Crippen molar-refractivity contribution in [1.82, 2.24) is 19.8 Å². The fourth-order valence-electron chi connectivity index (χ4n) is 3.65. The lowest BCUT2D eigenvalue weighted by atomic mass is 10.0. The zero-order valence-electron chi connectivity index (χ0n) is 17.4. The zero-order valence-corrected chi connectivity index (χ0v) is 19.1. The molecule has 1 N–H and O–H groups in total. The second kappa shape index (κ2) is 8.58. The minimum atomic E-state index is -0.191. The number of aryl methyl sites for hydroxylation is 1. The van der Waals surface area contributed by atoms with Crippen LogP contribution in [0.15, 0.2) is 28.6 Å². The quantitative estimate of drug-likeness (QED) is 0.630. The summed E-state index contributed by atoms with van der Waals surface area (Å²) in [5.41, 5.74) is 0.545. The Labute approximate surface area is 183 Å². The first-order valence-electron chi connectivity index (χ1n) is 9.98. The maximum absolute atomic E-state index is 13.1. The number of carbonyl (C=O) groups is 1. The molecule has 0 atom stereocenters. The molecule has 30 heavy (non-hydrogen) atoms. The van der Waals surface area contributed by atoms with Crippen molar-refractivity contribution in [3.63, 3.8) is 0 Å². The maximum Gasteiger partial charge on any atom is 0.263 e. The number of rotatable bonds is 6. The molecule has 1 aliphatic heterocycles. The van der Waals surface area contributed by atoms with Gasteiger partial charge in [-0.15, -0.1) is 22.7 Å². The summed E-state index contributed by atoms with van der Waals surface area (Å²) < 4.78 is 6.81. The van der Waals surface area contributed by atoms with Crippen molar-refractivity contribution in [3.05, 3.63) is 39.1 Å². The van der Waals surface area contributed by atoms with Crippen molar-refractivity contribution < 1.29 is 9.53 Å². The number of amides is 1. The van der Waals surface area contributed by atoms with Crippen LogP contribution in [0.1, 0.15) is 18.7 Å². The van der Waals surface area contributed by atoms with E-state index in [4.69, 9.17) is 4.74 Å². The Balaban J connectivity index is 1.49. The van der Waals surface area contributed by atoms with E-state index in [0.717, 1.165) is 23.5 Å². The number of aromatic nitrogens is 2. The molecular weight excluding hydrogens is 420 g/mol. The minimum absolute atomic E-state index is 0.0419. The predicted octanol–water partition coefficient (Wildman–Crippen LogP) is 2.72. The average Bonchev–Trinajstić information content (AvgIpc) is 3.36. The molecule has 4 heterocycles. The monoisotopic (exact) mass is 446 g/mol. The molecule has 3 aromatic heterocycles. The van der Waals surface area contributed by atoms with Gasteiger partial charge in [-0.25, -0.2) is 4.98 Å². The van der Waals surface area contributed by atoms with Gasteiger partial charge in [-0.2, -0.15) is 0 Å². The molecule has 1 saturated heterocycles. The number of ether oxygens (including phenoxy) is 1. The van der Waals surface area contributed by atoms with Crippen LogP contribution in [0, 0.1) is 6.92 Å². The highest BCUT2D eigenvalue weighted by molar-refractivity contribution is 7.19. The summed E-state index contributed by atoms with van der Waals surface area (Å²) in [6, 6.07) is 4.07. The third-order valence-electron chi connectivity index (χ3n) is 5.47. The number of nitrogens with zero attached hydrogens (tertiary/aromatic N) is 3. The minimum Gasteiger partial charge on any atom is -0.379 e. The lowest BCUT2D eigenvalue weighted by Crippen LogP contribution is -2.55. The highest BCUT2D eigenvalue weighted by Crippen LogP contribution is 2.34. The van der Waals surface area contributed by atoms with Gasteiger partial charge in [0.15, 0.2) is 0 Å². The third-order valence-corrected chi connectivity index (χ3v) is 7.39. The van der Waals surface area contributed by atoms with Gasteiger partial charge in [0.05, 0.1) is 24.9 Å². The molecule has 0 unspecified atom stereocenters. The van der Waals surface area contributed by atoms with Crippen LogP contribution < -0.4 is 10.9 Å². The summed E-state index contributed by atoms with van der Waals surface area (Å²) >= 11 is 3.11. The summed E-state index contributed by atoms with van der Waals surface area (Å²) in [6.07, 6.45) is 1.47. The Morgan fingerprint density at radius 2 is 2.07 bits per heavy atom. The van der Waals surface area contributed by atoms with Crippen LogP contribution in [-0.4, -0.2) is 58.7 Å². The van der Waals surface area contributed by atoms with Crippen molar-refractivity contribution >= 4 is 38.8 Å². The summed E-state index contributed by atoms with van der Waals surface area (Å²) in [7, 11) is 0. The van der Waals surface area contributed by atoms with Gasteiger partial charge in [-0.3, -0.25) is 19.1 Å². The molecule has 9 heteroatoms. The van der Waals surface area contributed by atoms with E-state index in [-0.39, 0.29) is 23.6 Å². The van der Waals surface area contributed by atoms with E-state index in [1.165, 1.54) is 27.1 Å². The third kappa shape index (κ3) is 4.34. The van der Waals surface area contributed by atoms with Crippen LogP contribution in [-0.2, 0) is 16.1 Å². The van der Waals surface area contributed by atoms with Crippen LogP contribution >= 0.6 is 22.7 Å². The number of thiophene rings is 2. The van der Waals surface area contributed by atoms with Gasteiger partial charge in [-0.05, 0) is 32.9 Å². The summed E-state index contributed by atoms with van der Waals surface area (Å²) in [4.78, 5) is 35.4. The maximum atomic E-state index is 13.1. The Bertz CT molecular complexity index is 1110. The highest BCUT2D eigenvalue weighted by Gasteiger charge is 2.28. The van der Waals surface area contributed by atoms with Crippen LogP contribution in [0.5, 0.6) is 0 Å². The van der Waals surface area contributed by atoms with Crippen LogP contribution in [0.2, 0.25) is 0 Å². The van der Waals surface area contributed by atoms with Crippen molar-refractivity contribution in [3.8, 4) is 10.4 Å². The van der Waals surface area contributed by atoms with Crippen molar-refractivity contribution in [2.45, 2.75) is 32.9 Å². The van der Waals surface area contributed by atoms with Gasteiger partial charge in [-0.1, -0.05) is 0 Å². The fourth-order valence-corrected chi connectivity index (χ4v) is 5.51. The van der Waals surface area contributed by atoms with Gasteiger partial charge in [0, 0.05) is 45.9 Å². The Morgan fingerprint density at radius 1 is 1.30 bits per heavy atom. The number of morpholine rings is 1. The van der Waals surface area contributed by atoms with Crippen molar-refractivity contribution in [1.29, 1.82) is 0 Å². The summed E-state index contributed by atoms with van der Waals surface area (Å²) in [5, 5.41) is 5.54. The number of fused-ring (bicyclic) bond motifs is 1. The second-order valence-electron chi connectivity index (χ2n) is 8.11. The van der Waals surface area contributed by atoms with E-state index in [9.17, 15) is 9.59 Å². The highest BCUT2D eigenvalue weighted by atomic mass is 32.1. The molecule has 3 aromatic rings. The number of hydrogen-bond donors (Lipinski definition) is 1. The molecule has 0 spiro atoms. The first-order chi connectivity index (χ1) is 14.3. The zero-order chi connectivity index (χ0) is 21.3. The number of hydrogen-bond acceptors (Lipinski definition) is 7. The molecular formula is C21H26N4O3S2. The second-order valence-corrected chi connectivity index (χ2v) is 10.3. The van der Waals surface area contributed by atoms with Crippen LogP contribution in [0.4, 0.5) is 0 Å². The van der Waals surface area contributed by atoms with Gasteiger partial charge in [0.25, 0.3) is 5.56 Å². The predicted molar refractivity (Wildman–Crippen MR) is 121 cm³/mol. The average molecular weight is 447 g/mol. The van der Waals surface area contributed by atoms with E-state index < -0.39 is 0 Å². The number of carbonyl (C=O) groups excluding carboxylic acids is 1. The standard InChI is InChI=1S/C21H26N4O3S2/c1-14-4-5-16(30-14)15-11-29-19-18(15)20(27)24(13-23-19)10-17(26)22-12-21(2,3)25-6-8-28-9-7-25/h4-5,11,13H,6-10,12H2,1-3H3,(H,22,26). The molecule has 4 rings (SSSR count). The van der Waals surface area contributed by atoms with Gasteiger partial charge in [0.2, 0.25) is 5.91 Å². The van der Waals surface area contributed by atoms with E-state index >= 15 is 0 Å². The lowest BCUT2D eigenvalue weighted by molar-refractivity contribution is -0.122. The molecule has 0 aliphatic carbocycles. The molecule has 0 radical (unpaired) electrons. The normalized spacial score (nSPS) is 15.6. The molecule has 0 saturated carbocycles. The smallest absolute Gasteiger partial charge is 0.263 e. The molecule has 1 amide bonds. The Kier molecular flexibility index (Phi) is 6.06. The fraction of sp³-hybridized carbons (Fsp3) is 0.476. The van der Waals surface area contributed by atoms with Gasteiger partial charge < -0.3 is 10.1 Å². The summed E-state index contributed by atoms with van der Waals surface area (Å²) in [5.74, 6) is -0.191. The van der Waals surface area contributed by atoms with E-state index in [2.05, 4.69) is 29.0 Å². The van der Waals surface area contributed by atoms with Gasteiger partial charge in [0.1, 0.15) is 11.4 Å². The first-order valence-corrected chi connectivity index (χ1v) is 11.7. The molecule has 0 aromatic carbocycles. The Hall–Kier alpha value is -2.07. The molecule has 160 valence electrons. The molecule has 0 bridgehead atoms.